The number of fused-ring (bicyclic) bond motifs is 3. The van der Waals surface area contributed by atoms with Crippen molar-refractivity contribution in [2.24, 2.45) is 0 Å². The summed E-state index contributed by atoms with van der Waals surface area (Å²) in [6, 6.07) is 21.7. The van der Waals surface area contributed by atoms with Crippen LogP contribution in [0.1, 0.15) is 24.0 Å². The quantitative estimate of drug-likeness (QED) is 0.345. The van der Waals surface area contributed by atoms with Crippen LogP contribution in [0, 0.1) is 0 Å². The molecular formula is C26H21N3S. The molecule has 0 bridgehead atoms. The largest absolute Gasteiger partial charge is 0.339 e. The zero-order valence-corrected chi connectivity index (χ0v) is 17.4. The maximum atomic E-state index is 4.64. The summed E-state index contributed by atoms with van der Waals surface area (Å²) in [6.07, 6.45) is 6.64. The Morgan fingerprint density at radius 3 is 2.67 bits per heavy atom. The molecule has 146 valence electrons. The van der Waals surface area contributed by atoms with E-state index >= 15 is 0 Å². The van der Waals surface area contributed by atoms with Crippen LogP contribution < -0.4 is 5.32 Å². The van der Waals surface area contributed by atoms with Crippen molar-refractivity contribution < 1.29 is 0 Å². The number of thiophene rings is 1. The van der Waals surface area contributed by atoms with E-state index in [1.54, 1.807) is 17.7 Å². The molecule has 3 aromatic carbocycles. The fourth-order valence-electron chi connectivity index (χ4n) is 4.55. The summed E-state index contributed by atoms with van der Waals surface area (Å²) >= 11 is 1.68. The van der Waals surface area contributed by atoms with Crippen molar-refractivity contribution in [1.82, 2.24) is 9.97 Å². The molecule has 3 nitrogen and oxygen atoms in total. The minimum Gasteiger partial charge on any atom is -0.339 e. The van der Waals surface area contributed by atoms with Crippen molar-refractivity contribution in [3.63, 3.8) is 0 Å². The van der Waals surface area contributed by atoms with Crippen molar-refractivity contribution in [2.75, 3.05) is 5.32 Å². The predicted molar refractivity (Wildman–Crippen MR) is 127 cm³/mol. The number of hydrogen-bond acceptors (Lipinski definition) is 4. The van der Waals surface area contributed by atoms with Gasteiger partial charge in [0, 0.05) is 22.0 Å². The van der Waals surface area contributed by atoms with E-state index in [2.05, 4.69) is 81.3 Å². The van der Waals surface area contributed by atoms with E-state index < -0.39 is 0 Å². The predicted octanol–water partition coefficient (Wildman–Crippen LogP) is 7.13. The Balaban J connectivity index is 1.49. The third kappa shape index (κ3) is 2.96. The second-order valence-electron chi connectivity index (χ2n) is 7.89. The smallest absolute Gasteiger partial charge is 0.143 e. The highest BCUT2D eigenvalue weighted by Crippen LogP contribution is 2.39. The van der Waals surface area contributed by atoms with E-state index in [1.165, 1.54) is 58.7 Å². The standard InChI is InChI=1S/C26H21N3S/c1-2-8-19-14-20(13-12-17(19)6-1)22-15-30-26-24(22)25(27-16-28-26)29-23-11-5-9-18-7-3-4-10-21(18)23/h3-5,7,9-16H,1-2,6,8H2,(H,27,28,29). The Morgan fingerprint density at radius 1 is 0.833 bits per heavy atom. The van der Waals surface area contributed by atoms with Crippen molar-refractivity contribution >= 4 is 43.8 Å². The monoisotopic (exact) mass is 407 g/mol. The lowest BCUT2D eigenvalue weighted by Gasteiger charge is -2.17. The van der Waals surface area contributed by atoms with Crippen molar-refractivity contribution in [3.8, 4) is 11.1 Å². The van der Waals surface area contributed by atoms with E-state index in [1.807, 2.05) is 0 Å². The van der Waals surface area contributed by atoms with Crippen LogP contribution in [0.4, 0.5) is 11.5 Å². The number of aryl methyl sites for hydroxylation is 2. The molecule has 0 saturated carbocycles. The van der Waals surface area contributed by atoms with Gasteiger partial charge in [-0.2, -0.15) is 0 Å². The molecule has 4 heteroatoms. The molecule has 2 aromatic heterocycles. The van der Waals surface area contributed by atoms with Crippen LogP contribution in [-0.2, 0) is 12.8 Å². The maximum Gasteiger partial charge on any atom is 0.143 e. The fourth-order valence-corrected chi connectivity index (χ4v) is 5.46. The Labute approximate surface area is 179 Å². The van der Waals surface area contributed by atoms with E-state index in [4.69, 9.17) is 0 Å². The second-order valence-corrected chi connectivity index (χ2v) is 8.75. The lowest BCUT2D eigenvalue weighted by molar-refractivity contribution is 0.686. The molecule has 6 rings (SSSR count). The highest BCUT2D eigenvalue weighted by molar-refractivity contribution is 7.17. The van der Waals surface area contributed by atoms with Gasteiger partial charge in [-0.15, -0.1) is 11.3 Å². The molecule has 0 fully saturated rings. The first kappa shape index (κ1) is 17.6. The Bertz CT molecular complexity index is 1380. The molecule has 0 radical (unpaired) electrons. The molecule has 0 spiro atoms. The number of hydrogen-bond donors (Lipinski definition) is 1. The van der Waals surface area contributed by atoms with Gasteiger partial charge in [-0.05, 0) is 53.8 Å². The van der Waals surface area contributed by atoms with Crippen LogP contribution in [0.3, 0.4) is 0 Å². The molecule has 0 unspecified atom stereocenters. The van der Waals surface area contributed by atoms with Gasteiger partial charge in [0.05, 0.1) is 5.39 Å². The summed E-state index contributed by atoms with van der Waals surface area (Å²) in [5, 5.41) is 9.34. The fraction of sp³-hybridized carbons (Fsp3) is 0.154. The number of benzene rings is 3. The van der Waals surface area contributed by atoms with E-state index in [9.17, 15) is 0 Å². The Morgan fingerprint density at radius 2 is 1.70 bits per heavy atom. The highest BCUT2D eigenvalue weighted by atomic mass is 32.1. The maximum absolute atomic E-state index is 4.64. The zero-order valence-electron chi connectivity index (χ0n) is 16.6. The van der Waals surface area contributed by atoms with Gasteiger partial charge >= 0.3 is 0 Å². The first-order valence-corrected chi connectivity index (χ1v) is 11.3. The van der Waals surface area contributed by atoms with E-state index in [0.717, 1.165) is 21.7 Å². The van der Waals surface area contributed by atoms with Gasteiger partial charge in [0.2, 0.25) is 0 Å². The topological polar surface area (TPSA) is 37.8 Å². The molecule has 0 atom stereocenters. The van der Waals surface area contributed by atoms with Gasteiger partial charge in [0.25, 0.3) is 0 Å². The van der Waals surface area contributed by atoms with Crippen LogP contribution >= 0.6 is 11.3 Å². The molecule has 1 aliphatic carbocycles. The van der Waals surface area contributed by atoms with Gasteiger partial charge in [-0.1, -0.05) is 54.6 Å². The molecule has 0 aliphatic heterocycles. The summed E-state index contributed by atoms with van der Waals surface area (Å²) in [6.45, 7) is 0. The van der Waals surface area contributed by atoms with Crippen LogP contribution in [0.25, 0.3) is 32.1 Å². The summed E-state index contributed by atoms with van der Waals surface area (Å²) in [5.74, 6) is 0.866. The Hall–Kier alpha value is -3.24. The molecular weight excluding hydrogens is 386 g/mol. The lowest BCUT2D eigenvalue weighted by atomic mass is 9.89. The first-order chi connectivity index (χ1) is 14.9. The number of anilines is 2. The van der Waals surface area contributed by atoms with Crippen LogP contribution in [0.15, 0.2) is 72.4 Å². The third-order valence-electron chi connectivity index (χ3n) is 6.07. The normalized spacial score (nSPS) is 13.5. The van der Waals surface area contributed by atoms with Gasteiger partial charge in [-0.25, -0.2) is 9.97 Å². The average Bonchev–Trinajstić information content (AvgIpc) is 3.24. The molecule has 1 N–H and O–H groups in total. The number of nitrogens with one attached hydrogen (secondary N) is 1. The molecule has 0 amide bonds. The van der Waals surface area contributed by atoms with E-state index in [0.29, 0.717) is 0 Å². The highest BCUT2D eigenvalue weighted by Gasteiger charge is 2.16. The van der Waals surface area contributed by atoms with Crippen molar-refractivity contribution in [3.05, 3.63) is 83.5 Å². The summed E-state index contributed by atoms with van der Waals surface area (Å²) < 4.78 is 0. The summed E-state index contributed by atoms with van der Waals surface area (Å²) in [5.41, 5.74) is 6.55. The van der Waals surface area contributed by atoms with Crippen molar-refractivity contribution in [1.29, 1.82) is 0 Å². The molecule has 1 aliphatic rings. The first-order valence-electron chi connectivity index (χ1n) is 10.5. The number of rotatable bonds is 3. The summed E-state index contributed by atoms with van der Waals surface area (Å²) in [7, 11) is 0. The molecule has 5 aromatic rings. The van der Waals surface area contributed by atoms with E-state index in [-0.39, 0.29) is 0 Å². The van der Waals surface area contributed by atoms with Gasteiger partial charge in [-0.3, -0.25) is 0 Å². The van der Waals surface area contributed by atoms with Crippen LogP contribution in [0.2, 0.25) is 0 Å². The molecule has 2 heterocycles. The molecule has 0 saturated heterocycles. The van der Waals surface area contributed by atoms with Crippen LogP contribution in [-0.4, -0.2) is 9.97 Å². The van der Waals surface area contributed by atoms with Gasteiger partial charge < -0.3 is 5.32 Å². The van der Waals surface area contributed by atoms with Gasteiger partial charge in [0.1, 0.15) is 17.0 Å². The average molecular weight is 408 g/mol. The second kappa shape index (κ2) is 7.22. The van der Waals surface area contributed by atoms with Crippen molar-refractivity contribution in [2.45, 2.75) is 25.7 Å². The third-order valence-corrected chi connectivity index (χ3v) is 6.96. The zero-order chi connectivity index (χ0) is 19.9. The minimum absolute atomic E-state index is 0.866. The number of nitrogens with zero attached hydrogens (tertiary/aromatic N) is 2. The van der Waals surface area contributed by atoms with Gasteiger partial charge in [0.15, 0.2) is 0 Å². The van der Waals surface area contributed by atoms with Crippen LogP contribution in [0.5, 0.6) is 0 Å². The minimum atomic E-state index is 0.866. The lowest BCUT2D eigenvalue weighted by Crippen LogP contribution is -2.02. The SMILES string of the molecule is c1ccc2c(Nc3ncnc4scc(-c5ccc6c(c5)CCCC6)c34)cccc2c1. The molecule has 30 heavy (non-hydrogen) atoms. The summed E-state index contributed by atoms with van der Waals surface area (Å²) in [4.78, 5) is 10.2. The number of aromatic nitrogens is 2. The Kier molecular flexibility index (Phi) is 4.24.